The minimum atomic E-state index is 0.138. The second-order valence-electron chi connectivity index (χ2n) is 7.26. The molecule has 0 radical (unpaired) electrons. The first-order valence-corrected chi connectivity index (χ1v) is 9.23. The second-order valence-corrected chi connectivity index (χ2v) is 7.26. The molecule has 7 nitrogen and oxygen atoms in total. The normalized spacial score (nSPS) is 18.5. The lowest BCUT2D eigenvalue weighted by atomic mass is 10.1. The van der Waals surface area contributed by atoms with E-state index in [1.54, 1.807) is 6.20 Å². The molecule has 27 heavy (non-hydrogen) atoms. The average molecular weight is 365 g/mol. The maximum Gasteiger partial charge on any atom is 0.223 e. The Labute approximate surface area is 157 Å². The summed E-state index contributed by atoms with van der Waals surface area (Å²) in [7, 11) is 0. The fraction of sp³-hybridized carbons (Fsp3) is 0.400. The van der Waals surface area contributed by atoms with E-state index < -0.39 is 0 Å². The fourth-order valence-electron chi connectivity index (χ4n) is 3.24. The highest BCUT2D eigenvalue weighted by Crippen LogP contribution is 2.37. The molecule has 1 N–H and O–H groups in total. The van der Waals surface area contributed by atoms with Crippen LogP contribution in [0.5, 0.6) is 0 Å². The second kappa shape index (κ2) is 6.98. The van der Waals surface area contributed by atoms with Gasteiger partial charge >= 0.3 is 0 Å². The van der Waals surface area contributed by atoms with Gasteiger partial charge in [0.25, 0.3) is 0 Å². The van der Waals surface area contributed by atoms with Crippen LogP contribution in [0, 0.1) is 25.7 Å². The van der Waals surface area contributed by atoms with E-state index in [9.17, 15) is 4.79 Å². The lowest BCUT2D eigenvalue weighted by Gasteiger charge is -2.10. The lowest BCUT2D eigenvalue weighted by molar-refractivity contribution is -0.122. The average Bonchev–Trinajstić information content (AvgIpc) is 3.03. The maximum absolute atomic E-state index is 12.1. The van der Waals surface area contributed by atoms with Crippen molar-refractivity contribution in [3.8, 4) is 22.6 Å². The van der Waals surface area contributed by atoms with Crippen LogP contribution in [0.15, 0.2) is 35.1 Å². The number of carbonyl (C=O) groups excluding carboxylic acids is 1. The van der Waals surface area contributed by atoms with E-state index >= 15 is 0 Å². The van der Waals surface area contributed by atoms with E-state index in [1.807, 2.05) is 42.9 Å². The van der Waals surface area contributed by atoms with E-state index in [0.29, 0.717) is 24.8 Å². The summed E-state index contributed by atoms with van der Waals surface area (Å²) >= 11 is 0. The van der Waals surface area contributed by atoms with Crippen LogP contribution in [0.3, 0.4) is 0 Å². The highest BCUT2D eigenvalue weighted by Gasteiger charge is 2.38. The predicted octanol–water partition coefficient (Wildman–Crippen LogP) is 2.99. The molecule has 2 unspecified atom stereocenters. The molecule has 1 fully saturated rings. The van der Waals surface area contributed by atoms with Crippen LogP contribution in [0.4, 0.5) is 0 Å². The molecule has 2 atom stereocenters. The van der Waals surface area contributed by atoms with Gasteiger partial charge in [-0.1, -0.05) is 12.1 Å². The molecule has 1 aliphatic rings. The first-order valence-electron chi connectivity index (χ1n) is 9.23. The Bertz CT molecular complexity index is 957. The van der Waals surface area contributed by atoms with Gasteiger partial charge in [-0.15, -0.1) is 0 Å². The molecular weight excluding hydrogens is 342 g/mol. The third-order valence-electron chi connectivity index (χ3n) is 4.99. The maximum atomic E-state index is 12.1. The van der Waals surface area contributed by atoms with Crippen LogP contribution < -0.4 is 5.32 Å². The van der Waals surface area contributed by atoms with Crippen molar-refractivity contribution in [3.05, 3.63) is 42.0 Å². The Morgan fingerprint density at radius 3 is 2.74 bits per heavy atom. The van der Waals surface area contributed by atoms with Crippen molar-refractivity contribution in [2.75, 3.05) is 6.54 Å². The summed E-state index contributed by atoms with van der Waals surface area (Å²) in [6.07, 6.45) is 4.60. The molecule has 0 aromatic carbocycles. The first kappa shape index (κ1) is 17.5. The van der Waals surface area contributed by atoms with Crippen LogP contribution in [0.1, 0.15) is 24.7 Å². The van der Waals surface area contributed by atoms with Gasteiger partial charge in [-0.25, -0.2) is 0 Å². The van der Waals surface area contributed by atoms with Crippen LogP contribution >= 0.6 is 0 Å². The smallest absolute Gasteiger partial charge is 0.223 e. The number of pyridine rings is 1. The van der Waals surface area contributed by atoms with Crippen LogP contribution in [-0.4, -0.2) is 32.4 Å². The van der Waals surface area contributed by atoms with Gasteiger partial charge in [0.05, 0.1) is 29.7 Å². The Morgan fingerprint density at radius 1 is 1.30 bits per heavy atom. The Morgan fingerprint density at radius 2 is 2.11 bits per heavy atom. The number of carbonyl (C=O) groups is 1. The number of amides is 1. The lowest BCUT2D eigenvalue weighted by Crippen LogP contribution is -2.29. The zero-order valence-electron chi connectivity index (χ0n) is 15.8. The zero-order chi connectivity index (χ0) is 19.0. The van der Waals surface area contributed by atoms with E-state index in [4.69, 9.17) is 4.52 Å². The molecule has 7 heteroatoms. The topological polar surface area (TPSA) is 85.8 Å². The summed E-state index contributed by atoms with van der Waals surface area (Å²) in [6.45, 7) is 7.05. The van der Waals surface area contributed by atoms with Crippen molar-refractivity contribution in [2.45, 2.75) is 33.7 Å². The van der Waals surface area contributed by atoms with Gasteiger partial charge in [0.15, 0.2) is 5.76 Å². The van der Waals surface area contributed by atoms with Gasteiger partial charge in [0, 0.05) is 36.0 Å². The molecule has 1 amide bonds. The molecule has 0 spiro atoms. The Balaban J connectivity index is 1.59. The number of rotatable bonds is 6. The van der Waals surface area contributed by atoms with Gasteiger partial charge in [-0.05, 0) is 38.3 Å². The summed E-state index contributed by atoms with van der Waals surface area (Å²) in [5, 5.41) is 11.5. The van der Waals surface area contributed by atoms with Crippen LogP contribution in [-0.2, 0) is 11.3 Å². The minimum absolute atomic E-state index is 0.138. The number of nitrogens with zero attached hydrogens (tertiary/aromatic N) is 4. The quantitative estimate of drug-likeness (QED) is 0.726. The van der Waals surface area contributed by atoms with Crippen molar-refractivity contribution < 1.29 is 9.32 Å². The third-order valence-corrected chi connectivity index (χ3v) is 4.99. The number of hydrogen-bond donors (Lipinski definition) is 1. The van der Waals surface area contributed by atoms with E-state index in [0.717, 1.165) is 34.6 Å². The van der Waals surface area contributed by atoms with Crippen molar-refractivity contribution in [2.24, 2.45) is 11.8 Å². The standard InChI is InChI=1S/C20H23N5O2/c1-12-8-16(12)20(26)21-6-7-25-19(15-5-4-13(2)22-10-15)17(11-23-25)18-9-14(3)24-27-18/h4-5,9-12,16H,6-8H2,1-3H3,(H,21,26). The summed E-state index contributed by atoms with van der Waals surface area (Å²) in [4.78, 5) is 16.5. The number of hydrogen-bond acceptors (Lipinski definition) is 5. The van der Waals surface area contributed by atoms with E-state index in [2.05, 4.69) is 27.5 Å². The summed E-state index contributed by atoms with van der Waals surface area (Å²) < 4.78 is 7.34. The van der Waals surface area contributed by atoms with E-state index in [1.165, 1.54) is 0 Å². The number of aromatic nitrogens is 4. The molecule has 1 aliphatic carbocycles. The molecule has 0 saturated heterocycles. The fourth-order valence-corrected chi connectivity index (χ4v) is 3.24. The first-order chi connectivity index (χ1) is 13.0. The Kier molecular flexibility index (Phi) is 4.51. The molecule has 1 saturated carbocycles. The molecule has 140 valence electrons. The van der Waals surface area contributed by atoms with Gasteiger partial charge < -0.3 is 9.84 Å². The van der Waals surface area contributed by atoms with Gasteiger partial charge in [-0.3, -0.25) is 14.5 Å². The molecule has 3 aromatic heterocycles. The zero-order valence-corrected chi connectivity index (χ0v) is 15.8. The Hall–Kier alpha value is -2.96. The number of nitrogens with one attached hydrogen (secondary N) is 1. The minimum Gasteiger partial charge on any atom is -0.356 e. The van der Waals surface area contributed by atoms with Crippen molar-refractivity contribution in [1.29, 1.82) is 0 Å². The van der Waals surface area contributed by atoms with E-state index in [-0.39, 0.29) is 11.8 Å². The largest absolute Gasteiger partial charge is 0.356 e. The summed E-state index contributed by atoms with van der Waals surface area (Å²) in [5.74, 6) is 1.49. The number of aryl methyl sites for hydroxylation is 2. The molecule has 3 heterocycles. The molecular formula is C20H23N5O2. The summed E-state index contributed by atoms with van der Waals surface area (Å²) in [5.41, 5.74) is 4.49. The highest BCUT2D eigenvalue weighted by molar-refractivity contribution is 5.81. The molecule has 3 aromatic rings. The van der Waals surface area contributed by atoms with Crippen molar-refractivity contribution in [1.82, 2.24) is 25.2 Å². The van der Waals surface area contributed by atoms with Crippen molar-refractivity contribution in [3.63, 3.8) is 0 Å². The van der Waals surface area contributed by atoms with Crippen LogP contribution in [0.2, 0.25) is 0 Å². The van der Waals surface area contributed by atoms with Crippen LogP contribution in [0.25, 0.3) is 22.6 Å². The highest BCUT2D eigenvalue weighted by atomic mass is 16.5. The molecule has 4 rings (SSSR count). The van der Waals surface area contributed by atoms with Crippen molar-refractivity contribution >= 4 is 5.91 Å². The molecule has 0 bridgehead atoms. The predicted molar refractivity (Wildman–Crippen MR) is 101 cm³/mol. The monoisotopic (exact) mass is 365 g/mol. The molecule has 0 aliphatic heterocycles. The SMILES string of the molecule is Cc1ccc(-c2c(-c3cc(C)no3)cnn2CCNC(=O)C2CC2C)cn1. The summed E-state index contributed by atoms with van der Waals surface area (Å²) in [6, 6.07) is 5.88. The third kappa shape index (κ3) is 3.63. The van der Waals surface area contributed by atoms with Gasteiger partial charge in [-0.2, -0.15) is 5.10 Å². The van der Waals surface area contributed by atoms with Gasteiger partial charge in [0.1, 0.15) is 0 Å². The van der Waals surface area contributed by atoms with Gasteiger partial charge in [0.2, 0.25) is 5.91 Å².